The van der Waals surface area contributed by atoms with E-state index in [0.717, 1.165) is 32.1 Å². The first kappa shape index (κ1) is 18.2. The van der Waals surface area contributed by atoms with Gasteiger partial charge in [0.15, 0.2) is 0 Å². The van der Waals surface area contributed by atoms with Gasteiger partial charge in [-0.2, -0.15) is 0 Å². The molecule has 3 nitrogen and oxygen atoms in total. The number of carbonyl (C=O) groups excluding carboxylic acids is 1. The highest BCUT2D eigenvalue weighted by molar-refractivity contribution is 5.95. The predicted molar refractivity (Wildman–Crippen MR) is 80.7 cm³/mol. The lowest BCUT2D eigenvalue weighted by Crippen LogP contribution is -1.97. The molecule has 0 spiro atoms. The number of rotatable bonds is 9. The summed E-state index contributed by atoms with van der Waals surface area (Å²) in [6, 6.07) is 0. The average Bonchev–Trinajstić information content (AvgIpc) is 2.43. The smallest absolute Gasteiger partial charge is 0.208 e. The Morgan fingerprint density at radius 3 is 2.65 bits per heavy atom. The molecule has 0 saturated carbocycles. The zero-order chi connectivity index (χ0) is 15.1. The van der Waals surface area contributed by atoms with Crippen molar-refractivity contribution in [1.29, 1.82) is 0 Å². The van der Waals surface area contributed by atoms with Crippen LogP contribution in [-0.4, -0.2) is 28.7 Å². The largest absolute Gasteiger partial charge is 0.396 e. The SMILES string of the molecule is C=CCCCCC/C=C\[C@H](O)C#CC#CC(=O)CCO. The molecule has 0 aromatic heterocycles. The highest BCUT2D eigenvalue weighted by Gasteiger charge is 1.92. The van der Waals surface area contributed by atoms with Gasteiger partial charge in [-0.25, -0.2) is 0 Å². The van der Waals surface area contributed by atoms with Gasteiger partial charge in [0.1, 0.15) is 6.10 Å². The highest BCUT2D eigenvalue weighted by atomic mass is 16.3. The Morgan fingerprint density at radius 2 is 1.95 bits per heavy atom. The topological polar surface area (TPSA) is 57.5 Å². The minimum atomic E-state index is -0.856. The number of aliphatic hydroxyl groups excluding tert-OH is 2. The molecule has 0 radical (unpaired) electrons. The van der Waals surface area contributed by atoms with Crippen LogP contribution in [0.25, 0.3) is 0 Å². The van der Waals surface area contributed by atoms with Gasteiger partial charge >= 0.3 is 0 Å². The third-order valence-electron chi connectivity index (χ3n) is 2.42. The van der Waals surface area contributed by atoms with Crippen molar-refractivity contribution >= 4 is 5.78 Å². The number of aliphatic hydroxyl groups is 2. The molecule has 0 amide bonds. The van der Waals surface area contributed by atoms with Gasteiger partial charge in [0.2, 0.25) is 5.78 Å². The molecule has 0 saturated heterocycles. The molecule has 0 aliphatic carbocycles. The van der Waals surface area contributed by atoms with Crippen molar-refractivity contribution in [1.82, 2.24) is 0 Å². The van der Waals surface area contributed by atoms with Crippen molar-refractivity contribution in [3.8, 4) is 23.7 Å². The number of hydrogen-bond acceptors (Lipinski definition) is 3. The van der Waals surface area contributed by atoms with Crippen LogP contribution in [0.3, 0.4) is 0 Å². The van der Waals surface area contributed by atoms with Crippen LogP contribution < -0.4 is 0 Å². The first-order valence-electron chi connectivity index (χ1n) is 6.81. The first-order chi connectivity index (χ1) is 9.70. The first-order valence-corrected chi connectivity index (χ1v) is 6.81. The van der Waals surface area contributed by atoms with E-state index in [4.69, 9.17) is 5.11 Å². The molecule has 0 rings (SSSR count). The van der Waals surface area contributed by atoms with Crippen LogP contribution in [0.5, 0.6) is 0 Å². The van der Waals surface area contributed by atoms with Crippen LogP contribution in [0, 0.1) is 23.7 Å². The van der Waals surface area contributed by atoms with Gasteiger partial charge in [-0.3, -0.25) is 4.79 Å². The van der Waals surface area contributed by atoms with E-state index in [1.807, 2.05) is 12.2 Å². The van der Waals surface area contributed by atoms with Gasteiger partial charge in [-0.05, 0) is 49.5 Å². The standard InChI is InChI=1S/C17H22O3/c1-2-3-4-5-6-7-8-11-16(19)12-9-10-13-17(20)14-15-18/h2,8,11,16,18-19H,1,3-7,14-15H2/b11-8-/t16-/m0/s1. The molecule has 20 heavy (non-hydrogen) atoms. The van der Waals surface area contributed by atoms with Crippen molar-refractivity contribution < 1.29 is 15.0 Å². The summed E-state index contributed by atoms with van der Waals surface area (Å²) in [4.78, 5) is 10.9. The second kappa shape index (κ2) is 13.6. The van der Waals surface area contributed by atoms with Gasteiger partial charge in [0.05, 0.1) is 6.61 Å². The number of allylic oxidation sites excluding steroid dienone is 2. The Hall–Kier alpha value is -1.81. The molecule has 1 atom stereocenters. The van der Waals surface area contributed by atoms with Crippen LogP contribution in [0.2, 0.25) is 0 Å². The summed E-state index contributed by atoms with van der Waals surface area (Å²) in [5, 5.41) is 18.0. The van der Waals surface area contributed by atoms with E-state index in [2.05, 4.69) is 30.3 Å². The van der Waals surface area contributed by atoms with Crippen LogP contribution in [0.15, 0.2) is 24.8 Å². The summed E-state index contributed by atoms with van der Waals surface area (Å²) >= 11 is 0. The van der Waals surface area contributed by atoms with Gasteiger partial charge in [0.25, 0.3) is 0 Å². The van der Waals surface area contributed by atoms with E-state index in [0.29, 0.717) is 0 Å². The number of carbonyl (C=O) groups is 1. The molecular formula is C17H22O3. The summed E-state index contributed by atoms with van der Waals surface area (Å²) in [5.74, 6) is 9.19. The Balaban J connectivity index is 3.84. The van der Waals surface area contributed by atoms with Crippen LogP contribution in [0.1, 0.15) is 38.5 Å². The third-order valence-corrected chi connectivity index (χ3v) is 2.42. The molecule has 3 heteroatoms. The van der Waals surface area contributed by atoms with Crippen molar-refractivity contribution in [3.63, 3.8) is 0 Å². The van der Waals surface area contributed by atoms with Gasteiger partial charge < -0.3 is 10.2 Å². The van der Waals surface area contributed by atoms with Crippen LogP contribution in [-0.2, 0) is 4.79 Å². The summed E-state index contributed by atoms with van der Waals surface area (Å²) in [7, 11) is 0. The predicted octanol–water partition coefficient (Wildman–Crippen LogP) is 2.00. The van der Waals surface area contributed by atoms with Gasteiger partial charge in [0, 0.05) is 6.42 Å². The number of ketones is 1. The molecule has 0 bridgehead atoms. The molecule has 0 aromatic rings. The number of unbranched alkanes of at least 4 members (excludes halogenated alkanes) is 4. The van der Waals surface area contributed by atoms with Crippen molar-refractivity contribution in [2.45, 2.75) is 44.6 Å². The number of hydrogen-bond donors (Lipinski definition) is 2. The normalized spacial score (nSPS) is 11.1. The second-order valence-electron chi connectivity index (χ2n) is 4.22. The summed E-state index contributed by atoms with van der Waals surface area (Å²) in [6.45, 7) is 3.46. The molecule has 108 valence electrons. The van der Waals surface area contributed by atoms with E-state index < -0.39 is 6.10 Å². The van der Waals surface area contributed by atoms with Gasteiger partial charge in [-0.15, -0.1) is 6.58 Å². The zero-order valence-corrected chi connectivity index (χ0v) is 11.8. The van der Waals surface area contributed by atoms with E-state index in [-0.39, 0.29) is 18.8 Å². The highest BCUT2D eigenvalue weighted by Crippen LogP contribution is 2.04. The fourth-order valence-corrected chi connectivity index (χ4v) is 1.38. The molecule has 0 fully saturated rings. The Morgan fingerprint density at radius 1 is 1.20 bits per heavy atom. The van der Waals surface area contributed by atoms with E-state index >= 15 is 0 Å². The van der Waals surface area contributed by atoms with Crippen LogP contribution >= 0.6 is 0 Å². The van der Waals surface area contributed by atoms with E-state index in [9.17, 15) is 9.90 Å². The minimum Gasteiger partial charge on any atom is -0.396 e. The molecule has 0 aliphatic heterocycles. The fourth-order valence-electron chi connectivity index (χ4n) is 1.38. The lowest BCUT2D eigenvalue weighted by Gasteiger charge is -1.95. The van der Waals surface area contributed by atoms with Crippen molar-refractivity contribution in [2.24, 2.45) is 0 Å². The quantitative estimate of drug-likeness (QED) is 0.293. The van der Waals surface area contributed by atoms with E-state index in [1.54, 1.807) is 6.08 Å². The maximum absolute atomic E-state index is 10.9. The monoisotopic (exact) mass is 274 g/mol. The molecular weight excluding hydrogens is 252 g/mol. The van der Waals surface area contributed by atoms with E-state index in [1.165, 1.54) is 0 Å². The summed E-state index contributed by atoms with van der Waals surface area (Å²) in [5.41, 5.74) is 0. The molecule has 2 N–H and O–H groups in total. The molecule has 0 aromatic carbocycles. The Kier molecular flexibility index (Phi) is 12.4. The number of Topliss-reactive ketones (excluding diaryl/α,β-unsaturated/α-hetero) is 1. The molecule has 0 aliphatic rings. The Bertz CT molecular complexity index is 427. The maximum Gasteiger partial charge on any atom is 0.208 e. The lowest BCUT2D eigenvalue weighted by molar-refractivity contribution is -0.114. The average molecular weight is 274 g/mol. The Labute approximate surface area is 121 Å². The minimum absolute atomic E-state index is 0.0169. The van der Waals surface area contributed by atoms with Gasteiger partial charge in [-0.1, -0.05) is 24.5 Å². The third kappa shape index (κ3) is 12.6. The fraction of sp³-hybridized carbons (Fsp3) is 0.471. The second-order valence-corrected chi connectivity index (χ2v) is 4.22. The zero-order valence-electron chi connectivity index (χ0n) is 11.8. The summed E-state index contributed by atoms with van der Waals surface area (Å²) < 4.78 is 0. The summed E-state index contributed by atoms with van der Waals surface area (Å²) in [6.07, 6.45) is 9.95. The van der Waals surface area contributed by atoms with Crippen molar-refractivity contribution in [2.75, 3.05) is 6.61 Å². The lowest BCUT2D eigenvalue weighted by atomic mass is 10.1. The maximum atomic E-state index is 10.9. The molecule has 0 heterocycles. The van der Waals surface area contributed by atoms with Crippen LogP contribution in [0.4, 0.5) is 0 Å². The molecule has 0 unspecified atom stereocenters. The van der Waals surface area contributed by atoms with Crippen molar-refractivity contribution in [3.05, 3.63) is 24.8 Å².